The van der Waals surface area contributed by atoms with E-state index in [-0.39, 0.29) is 5.82 Å². The van der Waals surface area contributed by atoms with Crippen molar-refractivity contribution in [1.29, 1.82) is 0 Å². The highest BCUT2D eigenvalue weighted by molar-refractivity contribution is 7.98. The predicted molar refractivity (Wildman–Crippen MR) is 112 cm³/mol. The zero-order valence-corrected chi connectivity index (χ0v) is 17.8. The zero-order valence-electron chi connectivity index (χ0n) is 16.2. The third-order valence-electron chi connectivity index (χ3n) is 4.40. The number of fused-ring (bicyclic) bond motifs is 1. The molecular formula is C21H21ClFN3O2S. The highest BCUT2D eigenvalue weighted by Gasteiger charge is 2.20. The number of aromatic nitrogens is 3. The Balaban J connectivity index is 1.61. The highest BCUT2D eigenvalue weighted by atomic mass is 35.5. The minimum Gasteiger partial charge on any atom is -0.486 e. The summed E-state index contributed by atoms with van der Waals surface area (Å²) >= 11 is 7.88. The topological polar surface area (TPSA) is 49.2 Å². The van der Waals surface area contributed by atoms with E-state index in [4.69, 9.17) is 21.1 Å². The third-order valence-corrected chi connectivity index (χ3v) is 5.72. The molecule has 0 saturated heterocycles. The van der Waals surface area contributed by atoms with E-state index >= 15 is 0 Å². The first-order chi connectivity index (χ1) is 14.0. The van der Waals surface area contributed by atoms with Gasteiger partial charge in [-0.25, -0.2) is 4.39 Å². The van der Waals surface area contributed by atoms with Crippen LogP contribution in [-0.2, 0) is 12.3 Å². The predicted octanol–water partition coefficient (Wildman–Crippen LogP) is 5.46. The molecule has 4 rings (SSSR count). The molecule has 1 aromatic heterocycles. The molecule has 5 nitrogen and oxygen atoms in total. The van der Waals surface area contributed by atoms with Gasteiger partial charge in [0.2, 0.25) is 0 Å². The monoisotopic (exact) mass is 433 g/mol. The molecule has 3 aromatic rings. The van der Waals surface area contributed by atoms with Crippen LogP contribution >= 0.6 is 23.4 Å². The Morgan fingerprint density at radius 1 is 1.17 bits per heavy atom. The summed E-state index contributed by atoms with van der Waals surface area (Å²) in [6, 6.07) is 10.5. The van der Waals surface area contributed by atoms with Crippen LogP contribution in [0.3, 0.4) is 0 Å². The molecular weight excluding hydrogens is 413 g/mol. The standard InChI is InChI=1S/C21H21ClFN3O2S/c1-13(2)11-26-20(15-5-3-4-6-17(15)23)24-25-21(26)29-12-14-9-16(22)19-18(10-14)27-7-8-28-19/h3-6,9-10,13H,7-8,11-12H2,1-2H3. The van der Waals surface area contributed by atoms with E-state index < -0.39 is 0 Å². The third kappa shape index (κ3) is 4.36. The lowest BCUT2D eigenvalue weighted by molar-refractivity contribution is 0.171. The Hall–Kier alpha value is -2.25. The van der Waals surface area contributed by atoms with E-state index in [9.17, 15) is 4.39 Å². The summed E-state index contributed by atoms with van der Waals surface area (Å²) in [7, 11) is 0. The molecule has 0 amide bonds. The van der Waals surface area contributed by atoms with Gasteiger partial charge in [-0.3, -0.25) is 0 Å². The van der Waals surface area contributed by atoms with Crippen molar-refractivity contribution in [3.05, 3.63) is 52.8 Å². The van der Waals surface area contributed by atoms with Crippen molar-refractivity contribution in [3.63, 3.8) is 0 Å². The van der Waals surface area contributed by atoms with Gasteiger partial charge in [0, 0.05) is 12.3 Å². The number of hydrogen-bond donors (Lipinski definition) is 0. The minimum atomic E-state index is -0.305. The number of halogens is 2. The Bertz CT molecular complexity index is 1030. The number of hydrogen-bond acceptors (Lipinski definition) is 5. The average Bonchev–Trinajstić information content (AvgIpc) is 3.08. The van der Waals surface area contributed by atoms with Crippen molar-refractivity contribution < 1.29 is 13.9 Å². The van der Waals surface area contributed by atoms with E-state index in [0.29, 0.717) is 59.3 Å². The smallest absolute Gasteiger partial charge is 0.191 e. The quantitative estimate of drug-likeness (QED) is 0.483. The van der Waals surface area contributed by atoms with Crippen LogP contribution in [0.25, 0.3) is 11.4 Å². The lowest BCUT2D eigenvalue weighted by Crippen LogP contribution is -2.15. The molecule has 0 N–H and O–H groups in total. The first kappa shape index (κ1) is 20.0. The fourth-order valence-electron chi connectivity index (χ4n) is 3.16. The molecule has 0 aliphatic carbocycles. The fraction of sp³-hybridized carbons (Fsp3) is 0.333. The van der Waals surface area contributed by atoms with Gasteiger partial charge in [0.15, 0.2) is 22.5 Å². The number of ether oxygens (including phenoxy) is 2. The van der Waals surface area contributed by atoms with Crippen LogP contribution < -0.4 is 9.47 Å². The van der Waals surface area contributed by atoms with Gasteiger partial charge >= 0.3 is 0 Å². The van der Waals surface area contributed by atoms with Crippen LogP contribution in [-0.4, -0.2) is 28.0 Å². The molecule has 0 bridgehead atoms. The van der Waals surface area contributed by atoms with E-state index in [1.807, 2.05) is 16.7 Å². The maximum absolute atomic E-state index is 14.3. The first-order valence-electron chi connectivity index (χ1n) is 9.42. The van der Waals surface area contributed by atoms with Gasteiger partial charge in [0.05, 0.1) is 10.6 Å². The van der Waals surface area contributed by atoms with Gasteiger partial charge in [0.1, 0.15) is 19.0 Å². The maximum atomic E-state index is 14.3. The number of thioether (sulfide) groups is 1. The van der Waals surface area contributed by atoms with Gasteiger partial charge in [-0.05, 0) is 35.7 Å². The van der Waals surface area contributed by atoms with Gasteiger partial charge in [-0.15, -0.1) is 10.2 Å². The molecule has 0 atom stereocenters. The summed E-state index contributed by atoms with van der Waals surface area (Å²) < 4.78 is 27.5. The molecule has 1 aliphatic heterocycles. The lowest BCUT2D eigenvalue weighted by Gasteiger charge is -2.20. The first-order valence-corrected chi connectivity index (χ1v) is 10.8. The second-order valence-electron chi connectivity index (χ2n) is 7.18. The summed E-state index contributed by atoms with van der Waals surface area (Å²) in [5.41, 5.74) is 1.45. The highest BCUT2D eigenvalue weighted by Crippen LogP contribution is 2.39. The molecule has 0 unspecified atom stereocenters. The molecule has 0 radical (unpaired) electrons. The molecule has 29 heavy (non-hydrogen) atoms. The van der Waals surface area contributed by atoms with E-state index in [1.165, 1.54) is 17.8 Å². The molecule has 152 valence electrons. The van der Waals surface area contributed by atoms with Crippen LogP contribution in [0.5, 0.6) is 11.5 Å². The molecule has 1 aliphatic rings. The van der Waals surface area contributed by atoms with Gasteiger partial charge in [0.25, 0.3) is 0 Å². The molecule has 0 saturated carbocycles. The van der Waals surface area contributed by atoms with Crippen molar-refractivity contribution in [2.45, 2.75) is 31.3 Å². The Kier molecular flexibility index (Phi) is 5.96. The van der Waals surface area contributed by atoms with Crippen molar-refractivity contribution in [2.75, 3.05) is 13.2 Å². The normalized spacial score (nSPS) is 13.1. The van der Waals surface area contributed by atoms with Crippen molar-refractivity contribution >= 4 is 23.4 Å². The van der Waals surface area contributed by atoms with E-state index in [1.54, 1.807) is 18.2 Å². The van der Waals surface area contributed by atoms with Crippen LogP contribution in [0.1, 0.15) is 19.4 Å². The Labute approximate surface area is 178 Å². The number of nitrogens with zero attached hydrogens (tertiary/aromatic N) is 3. The second-order valence-corrected chi connectivity index (χ2v) is 8.53. The fourth-order valence-corrected chi connectivity index (χ4v) is 4.33. The summed E-state index contributed by atoms with van der Waals surface area (Å²) in [6.45, 7) is 5.92. The summed E-state index contributed by atoms with van der Waals surface area (Å²) in [6.07, 6.45) is 0. The lowest BCUT2D eigenvalue weighted by atomic mass is 10.2. The van der Waals surface area contributed by atoms with Crippen molar-refractivity contribution in [3.8, 4) is 22.9 Å². The van der Waals surface area contributed by atoms with Gasteiger partial charge < -0.3 is 14.0 Å². The van der Waals surface area contributed by atoms with E-state index in [2.05, 4.69) is 24.0 Å². The summed E-state index contributed by atoms with van der Waals surface area (Å²) in [4.78, 5) is 0. The van der Waals surface area contributed by atoms with Crippen LogP contribution in [0.4, 0.5) is 4.39 Å². The molecule has 0 spiro atoms. The summed E-state index contributed by atoms with van der Waals surface area (Å²) in [5.74, 6) is 2.48. The molecule has 0 fully saturated rings. The van der Waals surface area contributed by atoms with Crippen molar-refractivity contribution in [2.24, 2.45) is 5.92 Å². The molecule has 2 aromatic carbocycles. The van der Waals surface area contributed by atoms with Crippen LogP contribution in [0.2, 0.25) is 5.02 Å². The average molecular weight is 434 g/mol. The Morgan fingerprint density at radius 2 is 1.97 bits per heavy atom. The number of rotatable bonds is 6. The van der Waals surface area contributed by atoms with Gasteiger partial charge in [-0.1, -0.05) is 49.3 Å². The van der Waals surface area contributed by atoms with E-state index in [0.717, 1.165) is 10.7 Å². The minimum absolute atomic E-state index is 0.305. The Morgan fingerprint density at radius 3 is 2.76 bits per heavy atom. The van der Waals surface area contributed by atoms with Crippen LogP contribution in [0.15, 0.2) is 41.6 Å². The van der Waals surface area contributed by atoms with Crippen molar-refractivity contribution in [1.82, 2.24) is 14.8 Å². The molecule has 8 heteroatoms. The molecule has 2 heterocycles. The maximum Gasteiger partial charge on any atom is 0.191 e. The SMILES string of the molecule is CC(C)Cn1c(SCc2cc(Cl)c3c(c2)OCCO3)nnc1-c1ccccc1F. The second kappa shape index (κ2) is 8.63. The summed E-state index contributed by atoms with van der Waals surface area (Å²) in [5, 5.41) is 9.89. The van der Waals surface area contributed by atoms with Crippen LogP contribution in [0, 0.1) is 11.7 Å². The number of benzene rings is 2. The largest absolute Gasteiger partial charge is 0.486 e. The van der Waals surface area contributed by atoms with Gasteiger partial charge in [-0.2, -0.15) is 0 Å². The zero-order chi connectivity index (χ0) is 20.4.